The van der Waals surface area contributed by atoms with Crippen molar-refractivity contribution in [3.8, 4) is 0 Å². The third kappa shape index (κ3) is 3.66. The predicted molar refractivity (Wildman–Crippen MR) is 81.1 cm³/mol. The number of anilines is 1. The molecule has 5 heteroatoms. The SMILES string of the molecule is O=C(Nc1ccc(Br)c(I)c1)[C@@H]1CCCCN1. The van der Waals surface area contributed by atoms with Crippen LogP contribution < -0.4 is 10.6 Å². The molecule has 1 atom stereocenters. The third-order valence-corrected chi connectivity index (χ3v) is 5.14. The van der Waals surface area contributed by atoms with Gasteiger partial charge in [-0.15, -0.1) is 0 Å². The smallest absolute Gasteiger partial charge is 0.241 e. The van der Waals surface area contributed by atoms with Gasteiger partial charge in [-0.2, -0.15) is 0 Å². The molecular formula is C12H14BrIN2O. The number of hydrogen-bond donors (Lipinski definition) is 2. The lowest BCUT2D eigenvalue weighted by molar-refractivity contribution is -0.118. The Morgan fingerprint density at radius 3 is 2.94 bits per heavy atom. The first kappa shape index (κ1) is 13.3. The van der Waals surface area contributed by atoms with Crippen LogP contribution >= 0.6 is 38.5 Å². The number of amides is 1. The second kappa shape index (κ2) is 6.15. The molecule has 0 saturated carbocycles. The maximum Gasteiger partial charge on any atom is 0.241 e. The lowest BCUT2D eigenvalue weighted by Crippen LogP contribution is -2.43. The van der Waals surface area contributed by atoms with Crippen LogP contribution in [0, 0.1) is 3.57 Å². The van der Waals surface area contributed by atoms with Crippen molar-refractivity contribution in [1.82, 2.24) is 5.32 Å². The van der Waals surface area contributed by atoms with E-state index in [1.54, 1.807) is 0 Å². The Labute approximate surface area is 123 Å². The molecule has 1 fully saturated rings. The van der Waals surface area contributed by atoms with Crippen molar-refractivity contribution in [2.45, 2.75) is 25.3 Å². The van der Waals surface area contributed by atoms with E-state index in [2.05, 4.69) is 49.2 Å². The highest BCUT2D eigenvalue weighted by atomic mass is 127. The van der Waals surface area contributed by atoms with Crippen LogP contribution in [-0.4, -0.2) is 18.5 Å². The van der Waals surface area contributed by atoms with E-state index in [9.17, 15) is 4.79 Å². The summed E-state index contributed by atoms with van der Waals surface area (Å²) in [5, 5.41) is 6.19. The molecule has 2 N–H and O–H groups in total. The molecule has 1 amide bonds. The minimum absolute atomic E-state index is 0.0370. The van der Waals surface area contributed by atoms with Crippen molar-refractivity contribution in [3.05, 3.63) is 26.2 Å². The van der Waals surface area contributed by atoms with Crippen molar-refractivity contribution < 1.29 is 4.79 Å². The fraction of sp³-hybridized carbons (Fsp3) is 0.417. The summed E-state index contributed by atoms with van der Waals surface area (Å²) in [5.74, 6) is 0.0721. The Morgan fingerprint density at radius 1 is 1.47 bits per heavy atom. The molecule has 0 aromatic heterocycles. The first-order valence-electron chi connectivity index (χ1n) is 5.66. The third-order valence-electron chi connectivity index (χ3n) is 2.81. The number of piperidine rings is 1. The van der Waals surface area contributed by atoms with E-state index in [4.69, 9.17) is 0 Å². The Morgan fingerprint density at radius 2 is 2.29 bits per heavy atom. The van der Waals surface area contributed by atoms with Gasteiger partial charge in [0.1, 0.15) is 0 Å². The average molecular weight is 409 g/mol. The molecule has 1 aromatic rings. The van der Waals surface area contributed by atoms with Crippen molar-refractivity contribution in [3.63, 3.8) is 0 Å². The minimum Gasteiger partial charge on any atom is -0.325 e. The summed E-state index contributed by atoms with van der Waals surface area (Å²) in [6.45, 7) is 0.940. The zero-order chi connectivity index (χ0) is 12.3. The van der Waals surface area contributed by atoms with Crippen molar-refractivity contribution in [2.75, 3.05) is 11.9 Å². The molecule has 92 valence electrons. The molecule has 1 aliphatic heterocycles. The molecule has 17 heavy (non-hydrogen) atoms. The van der Waals surface area contributed by atoms with Crippen molar-refractivity contribution in [1.29, 1.82) is 0 Å². The predicted octanol–water partition coefficient (Wildman–Crippen LogP) is 3.13. The summed E-state index contributed by atoms with van der Waals surface area (Å²) < 4.78 is 2.14. The highest BCUT2D eigenvalue weighted by Gasteiger charge is 2.20. The molecular weight excluding hydrogens is 395 g/mol. The molecule has 3 nitrogen and oxygen atoms in total. The van der Waals surface area contributed by atoms with Crippen molar-refractivity contribution >= 4 is 50.1 Å². The van der Waals surface area contributed by atoms with Crippen LogP contribution in [0.25, 0.3) is 0 Å². The zero-order valence-electron chi connectivity index (χ0n) is 9.30. The highest BCUT2D eigenvalue weighted by molar-refractivity contribution is 14.1. The number of nitrogens with one attached hydrogen (secondary N) is 2. The molecule has 0 spiro atoms. The number of benzene rings is 1. The quantitative estimate of drug-likeness (QED) is 0.738. The van der Waals surface area contributed by atoms with Gasteiger partial charge in [0.15, 0.2) is 0 Å². The van der Waals surface area contributed by atoms with Gasteiger partial charge in [0, 0.05) is 13.7 Å². The van der Waals surface area contributed by atoms with Crippen LogP contribution in [0.3, 0.4) is 0 Å². The number of carbonyl (C=O) groups is 1. The van der Waals surface area contributed by atoms with E-state index in [-0.39, 0.29) is 11.9 Å². The molecule has 1 aliphatic rings. The number of halogens is 2. The Hall–Kier alpha value is -0.140. The molecule has 0 bridgehead atoms. The molecule has 1 heterocycles. The first-order chi connectivity index (χ1) is 8.16. The summed E-state index contributed by atoms with van der Waals surface area (Å²) in [4.78, 5) is 12.0. The maximum absolute atomic E-state index is 12.0. The fourth-order valence-electron chi connectivity index (χ4n) is 1.88. The molecule has 0 aliphatic carbocycles. The van der Waals surface area contributed by atoms with Gasteiger partial charge in [-0.1, -0.05) is 6.42 Å². The summed E-state index contributed by atoms with van der Waals surface area (Å²) in [7, 11) is 0. The second-order valence-corrected chi connectivity index (χ2v) is 6.14. The van der Waals surface area contributed by atoms with Gasteiger partial charge in [-0.05, 0) is 76.1 Å². The zero-order valence-corrected chi connectivity index (χ0v) is 13.0. The van der Waals surface area contributed by atoms with Crippen molar-refractivity contribution in [2.24, 2.45) is 0 Å². The van der Waals surface area contributed by atoms with E-state index >= 15 is 0 Å². The van der Waals surface area contributed by atoms with E-state index in [1.165, 1.54) is 6.42 Å². The second-order valence-electron chi connectivity index (χ2n) is 4.12. The van der Waals surface area contributed by atoms with Gasteiger partial charge in [0.25, 0.3) is 0 Å². The largest absolute Gasteiger partial charge is 0.325 e. The normalized spacial score (nSPS) is 20.0. The van der Waals surface area contributed by atoms with E-state index in [0.717, 1.165) is 33.1 Å². The van der Waals surface area contributed by atoms with Gasteiger partial charge in [-0.25, -0.2) is 0 Å². The molecule has 1 aromatic carbocycles. The first-order valence-corrected chi connectivity index (χ1v) is 7.53. The van der Waals surface area contributed by atoms with Crippen LogP contribution in [0.1, 0.15) is 19.3 Å². The van der Waals surface area contributed by atoms with Gasteiger partial charge in [0.2, 0.25) is 5.91 Å². The number of carbonyl (C=O) groups excluding carboxylic acids is 1. The maximum atomic E-state index is 12.0. The van der Waals surface area contributed by atoms with Crippen LogP contribution in [0.4, 0.5) is 5.69 Å². The van der Waals surface area contributed by atoms with Crippen LogP contribution in [0.5, 0.6) is 0 Å². The van der Waals surface area contributed by atoms with E-state index in [1.807, 2.05) is 18.2 Å². The van der Waals surface area contributed by atoms with Gasteiger partial charge >= 0.3 is 0 Å². The molecule has 0 radical (unpaired) electrons. The van der Waals surface area contributed by atoms with Crippen LogP contribution in [-0.2, 0) is 4.79 Å². The number of hydrogen-bond acceptors (Lipinski definition) is 2. The monoisotopic (exact) mass is 408 g/mol. The topological polar surface area (TPSA) is 41.1 Å². The average Bonchev–Trinajstić information content (AvgIpc) is 2.35. The Kier molecular flexibility index (Phi) is 4.81. The lowest BCUT2D eigenvalue weighted by atomic mass is 10.0. The summed E-state index contributed by atoms with van der Waals surface area (Å²) >= 11 is 5.68. The summed E-state index contributed by atoms with van der Waals surface area (Å²) in [6.07, 6.45) is 3.22. The highest BCUT2D eigenvalue weighted by Crippen LogP contribution is 2.22. The van der Waals surface area contributed by atoms with Gasteiger partial charge in [0.05, 0.1) is 6.04 Å². The van der Waals surface area contributed by atoms with Crippen LogP contribution in [0.2, 0.25) is 0 Å². The number of rotatable bonds is 2. The molecule has 2 rings (SSSR count). The van der Waals surface area contributed by atoms with E-state index < -0.39 is 0 Å². The molecule has 0 unspecified atom stereocenters. The standard InChI is InChI=1S/C12H14BrIN2O/c13-9-5-4-8(7-10(9)14)16-12(17)11-3-1-2-6-15-11/h4-5,7,11,15H,1-3,6H2,(H,16,17)/t11-/m0/s1. The van der Waals surface area contributed by atoms with Crippen LogP contribution in [0.15, 0.2) is 22.7 Å². The summed E-state index contributed by atoms with van der Waals surface area (Å²) in [6, 6.07) is 5.79. The van der Waals surface area contributed by atoms with Gasteiger partial charge in [-0.3, -0.25) is 4.79 Å². The van der Waals surface area contributed by atoms with Gasteiger partial charge < -0.3 is 10.6 Å². The lowest BCUT2D eigenvalue weighted by Gasteiger charge is -2.22. The Bertz CT molecular complexity index is 419. The molecule has 1 saturated heterocycles. The van der Waals surface area contributed by atoms with E-state index in [0.29, 0.717) is 0 Å². The fourth-order valence-corrected chi connectivity index (χ4v) is 2.64. The Balaban J connectivity index is 1.99. The summed E-state index contributed by atoms with van der Waals surface area (Å²) in [5.41, 5.74) is 0.856. The minimum atomic E-state index is -0.0370.